The van der Waals surface area contributed by atoms with Gasteiger partial charge < -0.3 is 4.74 Å². The summed E-state index contributed by atoms with van der Waals surface area (Å²) in [6.07, 6.45) is 6.97. The van der Waals surface area contributed by atoms with Gasteiger partial charge in [-0.2, -0.15) is 0 Å². The van der Waals surface area contributed by atoms with Gasteiger partial charge in [0.15, 0.2) is 0 Å². The van der Waals surface area contributed by atoms with Gasteiger partial charge in [0.1, 0.15) is 11.9 Å². The average molecular weight is 218 g/mol. The summed E-state index contributed by atoms with van der Waals surface area (Å²) in [6.45, 7) is 4.40. The van der Waals surface area contributed by atoms with Crippen LogP contribution in [0.15, 0.2) is 24.3 Å². The molecule has 2 atom stereocenters. The SMILES string of the molecule is CCC1CCCCC1Oc1cccc(C)c1. The minimum Gasteiger partial charge on any atom is -0.490 e. The molecule has 1 nitrogen and oxygen atoms in total. The van der Waals surface area contributed by atoms with Crippen molar-refractivity contribution in [2.24, 2.45) is 5.92 Å². The molecule has 1 aromatic rings. The fourth-order valence-corrected chi connectivity index (χ4v) is 2.66. The highest BCUT2D eigenvalue weighted by atomic mass is 16.5. The van der Waals surface area contributed by atoms with Crippen LogP contribution in [0.2, 0.25) is 0 Å². The third kappa shape index (κ3) is 2.78. The summed E-state index contributed by atoms with van der Waals surface area (Å²) in [7, 11) is 0. The van der Waals surface area contributed by atoms with Crippen LogP contribution in [-0.2, 0) is 0 Å². The molecule has 1 heteroatoms. The molecule has 16 heavy (non-hydrogen) atoms. The summed E-state index contributed by atoms with van der Waals surface area (Å²) in [5.74, 6) is 1.81. The van der Waals surface area contributed by atoms with Gasteiger partial charge in [0.05, 0.1) is 0 Å². The Balaban J connectivity index is 2.02. The van der Waals surface area contributed by atoms with Crippen LogP contribution in [0, 0.1) is 12.8 Å². The fourth-order valence-electron chi connectivity index (χ4n) is 2.66. The molecule has 0 aliphatic heterocycles. The van der Waals surface area contributed by atoms with Crippen molar-refractivity contribution in [1.82, 2.24) is 0 Å². The van der Waals surface area contributed by atoms with E-state index in [0.29, 0.717) is 6.10 Å². The highest BCUT2D eigenvalue weighted by molar-refractivity contribution is 5.27. The fraction of sp³-hybridized carbons (Fsp3) is 0.600. The first-order chi connectivity index (χ1) is 7.79. The Kier molecular flexibility index (Phi) is 3.87. The first-order valence-corrected chi connectivity index (χ1v) is 6.53. The first-order valence-electron chi connectivity index (χ1n) is 6.53. The summed E-state index contributed by atoms with van der Waals surface area (Å²) >= 11 is 0. The van der Waals surface area contributed by atoms with E-state index in [0.717, 1.165) is 11.7 Å². The van der Waals surface area contributed by atoms with Gasteiger partial charge in [-0.3, -0.25) is 0 Å². The second-order valence-corrected chi connectivity index (χ2v) is 4.93. The molecule has 1 saturated carbocycles. The molecule has 1 aliphatic carbocycles. The third-order valence-electron chi connectivity index (χ3n) is 3.64. The molecule has 1 aromatic carbocycles. The Morgan fingerprint density at radius 3 is 2.81 bits per heavy atom. The van der Waals surface area contributed by atoms with Gasteiger partial charge in [0.2, 0.25) is 0 Å². The van der Waals surface area contributed by atoms with Gasteiger partial charge in [-0.1, -0.05) is 25.5 Å². The molecule has 0 aromatic heterocycles. The van der Waals surface area contributed by atoms with Crippen molar-refractivity contribution >= 4 is 0 Å². The quantitative estimate of drug-likeness (QED) is 0.733. The molecular formula is C15H22O. The molecule has 1 fully saturated rings. The van der Waals surface area contributed by atoms with Crippen molar-refractivity contribution in [2.45, 2.75) is 52.1 Å². The van der Waals surface area contributed by atoms with Crippen molar-refractivity contribution in [3.05, 3.63) is 29.8 Å². The molecule has 0 spiro atoms. The van der Waals surface area contributed by atoms with E-state index in [1.54, 1.807) is 0 Å². The Hall–Kier alpha value is -0.980. The molecule has 88 valence electrons. The van der Waals surface area contributed by atoms with Gasteiger partial charge in [0.25, 0.3) is 0 Å². The number of hydrogen-bond donors (Lipinski definition) is 0. The van der Waals surface area contributed by atoms with E-state index in [2.05, 4.69) is 38.1 Å². The first kappa shape index (κ1) is 11.5. The van der Waals surface area contributed by atoms with E-state index in [9.17, 15) is 0 Å². The van der Waals surface area contributed by atoms with Gasteiger partial charge in [-0.15, -0.1) is 0 Å². The van der Waals surface area contributed by atoms with E-state index in [1.165, 1.54) is 37.7 Å². The zero-order chi connectivity index (χ0) is 11.4. The Bertz CT molecular complexity index is 332. The maximum Gasteiger partial charge on any atom is 0.119 e. The number of rotatable bonds is 3. The number of ether oxygens (including phenoxy) is 1. The van der Waals surface area contributed by atoms with Crippen molar-refractivity contribution < 1.29 is 4.74 Å². The Morgan fingerprint density at radius 1 is 1.25 bits per heavy atom. The maximum absolute atomic E-state index is 6.14. The third-order valence-corrected chi connectivity index (χ3v) is 3.64. The zero-order valence-electron chi connectivity index (χ0n) is 10.4. The maximum atomic E-state index is 6.14. The topological polar surface area (TPSA) is 9.23 Å². The second kappa shape index (κ2) is 5.38. The van der Waals surface area contributed by atoms with Crippen molar-refractivity contribution in [3.8, 4) is 5.75 Å². The van der Waals surface area contributed by atoms with E-state index in [-0.39, 0.29) is 0 Å². The summed E-state index contributed by atoms with van der Waals surface area (Å²) in [6, 6.07) is 8.41. The number of hydrogen-bond acceptors (Lipinski definition) is 1. The lowest BCUT2D eigenvalue weighted by Gasteiger charge is -2.31. The molecule has 0 saturated heterocycles. The van der Waals surface area contributed by atoms with Crippen LogP contribution in [0.25, 0.3) is 0 Å². The molecule has 0 bridgehead atoms. The number of benzene rings is 1. The summed E-state index contributed by atoms with van der Waals surface area (Å²) < 4.78 is 6.14. The van der Waals surface area contributed by atoms with Crippen LogP contribution in [0.4, 0.5) is 0 Å². The molecule has 2 rings (SSSR count). The predicted octanol–water partition coefficient (Wildman–Crippen LogP) is 4.34. The highest BCUT2D eigenvalue weighted by Crippen LogP contribution is 2.30. The van der Waals surface area contributed by atoms with Crippen molar-refractivity contribution in [1.29, 1.82) is 0 Å². The molecule has 0 amide bonds. The van der Waals surface area contributed by atoms with E-state index in [4.69, 9.17) is 4.74 Å². The lowest BCUT2D eigenvalue weighted by atomic mass is 9.85. The van der Waals surface area contributed by atoms with Crippen LogP contribution >= 0.6 is 0 Å². The lowest BCUT2D eigenvalue weighted by Crippen LogP contribution is -2.29. The summed E-state index contributed by atoms with van der Waals surface area (Å²) in [5.41, 5.74) is 1.28. The minimum absolute atomic E-state index is 0.445. The van der Waals surface area contributed by atoms with Crippen LogP contribution in [0.5, 0.6) is 5.75 Å². The molecule has 2 unspecified atom stereocenters. The molecule has 0 heterocycles. The van der Waals surface area contributed by atoms with Crippen molar-refractivity contribution in [3.63, 3.8) is 0 Å². The largest absolute Gasteiger partial charge is 0.490 e. The van der Waals surface area contributed by atoms with Crippen LogP contribution in [-0.4, -0.2) is 6.10 Å². The van der Waals surface area contributed by atoms with E-state index >= 15 is 0 Å². The Morgan fingerprint density at radius 2 is 2.06 bits per heavy atom. The standard InChI is InChI=1S/C15H22O/c1-3-13-8-4-5-10-15(13)16-14-9-6-7-12(2)11-14/h6-7,9,11,13,15H,3-5,8,10H2,1-2H3. The van der Waals surface area contributed by atoms with Gasteiger partial charge in [-0.05, 0) is 56.2 Å². The van der Waals surface area contributed by atoms with E-state index in [1.807, 2.05) is 0 Å². The lowest BCUT2D eigenvalue weighted by molar-refractivity contribution is 0.0903. The smallest absolute Gasteiger partial charge is 0.119 e. The summed E-state index contributed by atoms with van der Waals surface area (Å²) in [4.78, 5) is 0. The molecular weight excluding hydrogens is 196 g/mol. The zero-order valence-corrected chi connectivity index (χ0v) is 10.4. The second-order valence-electron chi connectivity index (χ2n) is 4.93. The van der Waals surface area contributed by atoms with Crippen molar-refractivity contribution in [2.75, 3.05) is 0 Å². The van der Waals surface area contributed by atoms with Gasteiger partial charge in [-0.25, -0.2) is 0 Å². The Labute approximate surface area is 98.8 Å². The van der Waals surface area contributed by atoms with Gasteiger partial charge in [0, 0.05) is 0 Å². The predicted molar refractivity (Wildman–Crippen MR) is 67.8 cm³/mol. The molecule has 1 aliphatic rings. The minimum atomic E-state index is 0.445. The van der Waals surface area contributed by atoms with Crippen LogP contribution in [0.3, 0.4) is 0 Å². The highest BCUT2D eigenvalue weighted by Gasteiger charge is 2.25. The molecule has 0 N–H and O–H groups in total. The molecule has 0 radical (unpaired) electrons. The van der Waals surface area contributed by atoms with Crippen LogP contribution < -0.4 is 4.74 Å². The monoisotopic (exact) mass is 218 g/mol. The summed E-state index contributed by atoms with van der Waals surface area (Å²) in [5, 5.41) is 0. The average Bonchev–Trinajstić information content (AvgIpc) is 2.30. The number of aryl methyl sites for hydroxylation is 1. The normalized spacial score (nSPS) is 25.4. The van der Waals surface area contributed by atoms with Gasteiger partial charge >= 0.3 is 0 Å². The van der Waals surface area contributed by atoms with E-state index < -0.39 is 0 Å². The van der Waals surface area contributed by atoms with Crippen LogP contribution in [0.1, 0.15) is 44.6 Å².